The van der Waals surface area contributed by atoms with Gasteiger partial charge >= 0.3 is 0 Å². The Kier molecular flexibility index (Phi) is 8.94. The Hall–Kier alpha value is -1.34. The number of amides is 1. The van der Waals surface area contributed by atoms with Crippen molar-refractivity contribution in [1.82, 2.24) is 20.8 Å². The predicted octanol–water partition coefficient (Wildman–Crippen LogP) is 3.04. The van der Waals surface area contributed by atoms with Gasteiger partial charge in [0.2, 0.25) is 0 Å². The van der Waals surface area contributed by atoms with Gasteiger partial charge in [-0.15, -0.1) is 22.6 Å². The van der Waals surface area contributed by atoms with Crippen molar-refractivity contribution >= 4 is 41.7 Å². The largest absolute Gasteiger partial charge is 0.349 e. The zero-order valence-electron chi connectivity index (χ0n) is 12.6. The summed E-state index contributed by atoms with van der Waals surface area (Å²) in [5.41, 5.74) is 0.306. The highest BCUT2D eigenvalue weighted by atomic mass is 35.5. The molecule has 1 aromatic carbocycles. The lowest BCUT2D eigenvalue weighted by Crippen LogP contribution is -2.32. The number of carbonyl (C=O) groups is 1. The minimum Gasteiger partial charge on any atom is -0.349 e. The van der Waals surface area contributed by atoms with Crippen LogP contribution in [0.25, 0.3) is 0 Å². The standard InChI is InChI=1S/C15H17ClN4OS.ClH/c1-2-17-9-10-18-15(21)12-7-8-14(20-19-12)22-13-6-4-3-5-11(13)16;/h3-8,17H,2,9-10H2,1H3,(H,18,21);1H. The van der Waals surface area contributed by atoms with Crippen LogP contribution < -0.4 is 10.6 Å². The zero-order chi connectivity index (χ0) is 15.8. The summed E-state index contributed by atoms with van der Waals surface area (Å²) in [6.07, 6.45) is 0. The SMILES string of the molecule is CCNCCNC(=O)c1ccc(Sc2ccccc2Cl)nn1.Cl. The van der Waals surface area contributed by atoms with Gasteiger partial charge < -0.3 is 10.6 Å². The van der Waals surface area contributed by atoms with E-state index in [-0.39, 0.29) is 18.3 Å². The summed E-state index contributed by atoms with van der Waals surface area (Å²) in [5, 5.41) is 15.3. The van der Waals surface area contributed by atoms with Crippen LogP contribution in [0.5, 0.6) is 0 Å². The maximum Gasteiger partial charge on any atom is 0.271 e. The Morgan fingerprint density at radius 3 is 2.61 bits per heavy atom. The van der Waals surface area contributed by atoms with Gasteiger partial charge in [0.05, 0.1) is 5.02 Å². The van der Waals surface area contributed by atoms with Crippen LogP contribution in [-0.4, -0.2) is 35.7 Å². The van der Waals surface area contributed by atoms with Gasteiger partial charge in [0, 0.05) is 18.0 Å². The van der Waals surface area contributed by atoms with E-state index >= 15 is 0 Å². The van der Waals surface area contributed by atoms with E-state index in [0.29, 0.717) is 22.3 Å². The lowest BCUT2D eigenvalue weighted by molar-refractivity contribution is 0.0947. The third-order valence-corrected chi connectivity index (χ3v) is 4.21. The van der Waals surface area contributed by atoms with E-state index in [1.54, 1.807) is 12.1 Å². The molecule has 1 aromatic heterocycles. The third-order valence-electron chi connectivity index (χ3n) is 2.76. The molecule has 0 atom stereocenters. The Morgan fingerprint density at radius 1 is 1.17 bits per heavy atom. The van der Waals surface area contributed by atoms with Crippen molar-refractivity contribution in [3.8, 4) is 0 Å². The van der Waals surface area contributed by atoms with Crippen LogP contribution in [0.2, 0.25) is 5.02 Å². The molecule has 0 aliphatic rings. The second-order valence-corrected chi connectivity index (χ2v) is 5.87. The van der Waals surface area contributed by atoms with E-state index in [2.05, 4.69) is 20.8 Å². The van der Waals surface area contributed by atoms with Gasteiger partial charge in [0.1, 0.15) is 5.03 Å². The number of nitrogens with one attached hydrogen (secondary N) is 2. The summed E-state index contributed by atoms with van der Waals surface area (Å²) < 4.78 is 0. The molecule has 0 fully saturated rings. The summed E-state index contributed by atoms with van der Waals surface area (Å²) >= 11 is 7.51. The Morgan fingerprint density at radius 2 is 1.96 bits per heavy atom. The van der Waals surface area contributed by atoms with Crippen molar-refractivity contribution in [3.05, 3.63) is 47.1 Å². The first kappa shape index (κ1) is 19.7. The Balaban J connectivity index is 0.00000264. The molecular weight excluding hydrogens is 355 g/mol. The van der Waals surface area contributed by atoms with Crippen LogP contribution in [0.4, 0.5) is 0 Å². The molecule has 2 aromatic rings. The topological polar surface area (TPSA) is 66.9 Å². The van der Waals surface area contributed by atoms with E-state index in [9.17, 15) is 4.79 Å². The first-order chi connectivity index (χ1) is 10.7. The summed E-state index contributed by atoms with van der Waals surface area (Å²) in [7, 11) is 0. The van der Waals surface area contributed by atoms with Crippen molar-refractivity contribution in [2.24, 2.45) is 0 Å². The lowest BCUT2D eigenvalue weighted by atomic mass is 10.3. The number of halogens is 2. The molecule has 0 unspecified atom stereocenters. The quantitative estimate of drug-likeness (QED) is 0.731. The zero-order valence-corrected chi connectivity index (χ0v) is 15.0. The fourth-order valence-electron chi connectivity index (χ4n) is 1.67. The highest BCUT2D eigenvalue weighted by Gasteiger charge is 2.09. The van der Waals surface area contributed by atoms with Gasteiger partial charge in [0.15, 0.2) is 5.69 Å². The van der Waals surface area contributed by atoms with Crippen LogP contribution in [0.3, 0.4) is 0 Å². The molecule has 0 saturated carbocycles. The maximum atomic E-state index is 11.9. The average molecular weight is 373 g/mol. The second kappa shape index (κ2) is 10.4. The number of likely N-dealkylation sites (N-methyl/N-ethyl adjacent to an activating group) is 1. The molecule has 0 aliphatic carbocycles. The molecule has 0 spiro atoms. The van der Waals surface area contributed by atoms with Gasteiger partial charge in [-0.3, -0.25) is 4.79 Å². The van der Waals surface area contributed by atoms with Crippen molar-refractivity contribution in [2.75, 3.05) is 19.6 Å². The molecule has 5 nitrogen and oxygen atoms in total. The van der Waals surface area contributed by atoms with Crippen molar-refractivity contribution in [2.45, 2.75) is 16.8 Å². The van der Waals surface area contributed by atoms with Crippen LogP contribution >= 0.6 is 35.8 Å². The predicted molar refractivity (Wildman–Crippen MR) is 95.7 cm³/mol. The lowest BCUT2D eigenvalue weighted by Gasteiger charge is -2.05. The second-order valence-electron chi connectivity index (χ2n) is 4.40. The van der Waals surface area contributed by atoms with Gasteiger partial charge in [-0.25, -0.2) is 0 Å². The minimum absolute atomic E-state index is 0. The molecule has 0 aliphatic heterocycles. The number of rotatable bonds is 7. The molecule has 23 heavy (non-hydrogen) atoms. The first-order valence-electron chi connectivity index (χ1n) is 6.95. The maximum absolute atomic E-state index is 11.9. The molecule has 124 valence electrons. The van der Waals surface area contributed by atoms with Crippen LogP contribution in [0, 0.1) is 0 Å². The molecule has 1 amide bonds. The molecule has 0 bridgehead atoms. The molecule has 8 heteroatoms. The van der Waals surface area contributed by atoms with Crippen molar-refractivity contribution < 1.29 is 4.79 Å². The van der Waals surface area contributed by atoms with E-state index < -0.39 is 0 Å². The number of nitrogens with zero attached hydrogens (tertiary/aromatic N) is 2. The number of aromatic nitrogens is 2. The third kappa shape index (κ3) is 6.35. The van der Waals surface area contributed by atoms with E-state index in [4.69, 9.17) is 11.6 Å². The molecule has 2 N–H and O–H groups in total. The number of carbonyl (C=O) groups excluding carboxylic acids is 1. The number of hydrogen-bond acceptors (Lipinski definition) is 5. The van der Waals surface area contributed by atoms with Crippen molar-refractivity contribution in [3.63, 3.8) is 0 Å². The Labute approximate surface area is 151 Å². The Bertz CT molecular complexity index is 625. The summed E-state index contributed by atoms with van der Waals surface area (Å²) in [4.78, 5) is 12.8. The van der Waals surface area contributed by atoms with Gasteiger partial charge in [-0.1, -0.05) is 42.4 Å². The first-order valence-corrected chi connectivity index (χ1v) is 8.15. The van der Waals surface area contributed by atoms with E-state index in [1.165, 1.54) is 11.8 Å². The van der Waals surface area contributed by atoms with Gasteiger partial charge in [0.25, 0.3) is 5.91 Å². The number of benzene rings is 1. The van der Waals surface area contributed by atoms with Crippen molar-refractivity contribution in [1.29, 1.82) is 0 Å². The minimum atomic E-state index is -0.223. The fourth-order valence-corrected chi connectivity index (χ4v) is 2.67. The van der Waals surface area contributed by atoms with Crippen LogP contribution in [0.1, 0.15) is 17.4 Å². The highest BCUT2D eigenvalue weighted by Crippen LogP contribution is 2.31. The normalized spacial score (nSPS) is 10.0. The molecule has 2 rings (SSSR count). The fraction of sp³-hybridized carbons (Fsp3) is 0.267. The van der Waals surface area contributed by atoms with Gasteiger partial charge in [-0.05, 0) is 30.8 Å². The van der Waals surface area contributed by atoms with Gasteiger partial charge in [-0.2, -0.15) is 0 Å². The molecular formula is C15H18Cl2N4OS. The summed E-state index contributed by atoms with van der Waals surface area (Å²) in [6.45, 7) is 4.19. The smallest absolute Gasteiger partial charge is 0.271 e. The average Bonchev–Trinajstić information content (AvgIpc) is 2.54. The van der Waals surface area contributed by atoms with Crippen LogP contribution in [-0.2, 0) is 0 Å². The monoisotopic (exact) mass is 372 g/mol. The molecule has 0 radical (unpaired) electrons. The van der Waals surface area contributed by atoms with E-state index in [1.807, 2.05) is 31.2 Å². The summed E-state index contributed by atoms with van der Waals surface area (Å²) in [6, 6.07) is 10.9. The molecule has 0 saturated heterocycles. The highest BCUT2D eigenvalue weighted by molar-refractivity contribution is 7.99. The van der Waals surface area contributed by atoms with E-state index in [0.717, 1.165) is 18.0 Å². The van der Waals surface area contributed by atoms with Crippen LogP contribution in [0.15, 0.2) is 46.3 Å². The number of hydrogen-bond donors (Lipinski definition) is 2. The summed E-state index contributed by atoms with van der Waals surface area (Å²) in [5.74, 6) is -0.223. The molecule has 1 heterocycles.